The van der Waals surface area contributed by atoms with Crippen LogP contribution in [0.3, 0.4) is 0 Å². The molecular formula is C12H9N3O2. The van der Waals surface area contributed by atoms with Crippen molar-refractivity contribution in [2.75, 3.05) is 7.11 Å². The topological polar surface area (TPSA) is 56.5 Å². The summed E-state index contributed by atoms with van der Waals surface area (Å²) >= 11 is 0. The van der Waals surface area contributed by atoms with Crippen molar-refractivity contribution < 1.29 is 9.53 Å². The van der Waals surface area contributed by atoms with Crippen LogP contribution in [0.15, 0.2) is 36.8 Å². The van der Waals surface area contributed by atoms with E-state index in [2.05, 4.69) is 14.7 Å². The normalized spacial score (nSPS) is 10.9. The smallest absolute Gasteiger partial charge is 0.358 e. The number of esters is 1. The fourth-order valence-corrected chi connectivity index (χ4v) is 1.83. The van der Waals surface area contributed by atoms with Crippen molar-refractivity contribution >= 4 is 22.5 Å². The lowest BCUT2D eigenvalue weighted by Gasteiger charge is -2.01. The van der Waals surface area contributed by atoms with Crippen molar-refractivity contribution in [3.8, 4) is 0 Å². The largest absolute Gasteiger partial charge is 0.464 e. The van der Waals surface area contributed by atoms with Gasteiger partial charge in [-0.1, -0.05) is 12.1 Å². The summed E-state index contributed by atoms with van der Waals surface area (Å²) in [5, 5.41) is 0. The molecule has 0 saturated heterocycles. The third-order valence-electron chi connectivity index (χ3n) is 2.65. The number of aromatic nitrogens is 3. The highest BCUT2D eigenvalue weighted by Crippen LogP contribution is 2.17. The maximum atomic E-state index is 11.5. The van der Waals surface area contributed by atoms with Gasteiger partial charge in [-0.3, -0.25) is 9.38 Å². The summed E-state index contributed by atoms with van der Waals surface area (Å²) in [6.45, 7) is 0. The molecule has 0 fully saturated rings. The predicted molar refractivity (Wildman–Crippen MR) is 61.8 cm³/mol. The molecule has 0 atom stereocenters. The Morgan fingerprint density at radius 2 is 2.06 bits per heavy atom. The molecular weight excluding hydrogens is 218 g/mol. The molecule has 0 radical (unpaired) electrons. The van der Waals surface area contributed by atoms with Gasteiger partial charge in [-0.25, -0.2) is 9.78 Å². The van der Waals surface area contributed by atoms with E-state index in [9.17, 15) is 4.79 Å². The van der Waals surface area contributed by atoms with E-state index in [0.29, 0.717) is 5.52 Å². The van der Waals surface area contributed by atoms with Crippen molar-refractivity contribution in [2.45, 2.75) is 0 Å². The molecule has 5 nitrogen and oxygen atoms in total. The third-order valence-corrected chi connectivity index (χ3v) is 2.65. The van der Waals surface area contributed by atoms with Gasteiger partial charge < -0.3 is 4.74 Å². The molecule has 1 aromatic carbocycles. The molecule has 3 aromatic rings. The molecule has 2 heterocycles. The minimum absolute atomic E-state index is 0.283. The third kappa shape index (κ3) is 1.36. The highest BCUT2D eigenvalue weighted by molar-refractivity contribution is 5.96. The van der Waals surface area contributed by atoms with E-state index < -0.39 is 5.97 Å². The summed E-state index contributed by atoms with van der Waals surface area (Å²) in [5.41, 5.74) is 2.70. The molecule has 0 spiro atoms. The van der Waals surface area contributed by atoms with Crippen molar-refractivity contribution in [3.63, 3.8) is 0 Å². The summed E-state index contributed by atoms with van der Waals surface area (Å²) in [5.74, 6) is -0.454. The van der Waals surface area contributed by atoms with Crippen LogP contribution in [0, 0.1) is 0 Å². The number of carbonyl (C=O) groups excluding carboxylic acids is 1. The number of rotatable bonds is 1. The van der Waals surface area contributed by atoms with E-state index in [1.165, 1.54) is 7.11 Å². The van der Waals surface area contributed by atoms with E-state index >= 15 is 0 Å². The second-order valence-electron chi connectivity index (χ2n) is 3.59. The minimum Gasteiger partial charge on any atom is -0.464 e. The first kappa shape index (κ1) is 9.77. The molecule has 84 valence electrons. The van der Waals surface area contributed by atoms with Gasteiger partial charge in [-0.15, -0.1) is 0 Å². The van der Waals surface area contributed by atoms with Gasteiger partial charge in [0.2, 0.25) is 0 Å². The SMILES string of the molecule is COC(=O)c1ncn2c1cnc1ccccc12. The molecule has 0 bridgehead atoms. The quantitative estimate of drug-likeness (QED) is 0.593. The molecule has 17 heavy (non-hydrogen) atoms. The molecule has 5 heteroatoms. The average Bonchev–Trinajstić information content (AvgIpc) is 2.82. The zero-order valence-electron chi connectivity index (χ0n) is 9.12. The van der Waals surface area contributed by atoms with Crippen LogP contribution < -0.4 is 0 Å². The highest BCUT2D eigenvalue weighted by Gasteiger charge is 2.14. The molecule has 0 aliphatic rings. The number of hydrogen-bond acceptors (Lipinski definition) is 4. The van der Waals surface area contributed by atoms with Crippen molar-refractivity contribution in [1.29, 1.82) is 0 Å². The van der Waals surface area contributed by atoms with E-state index in [0.717, 1.165) is 11.0 Å². The summed E-state index contributed by atoms with van der Waals surface area (Å²) in [6.07, 6.45) is 3.23. The number of benzene rings is 1. The van der Waals surface area contributed by atoms with E-state index in [1.54, 1.807) is 12.5 Å². The summed E-state index contributed by atoms with van der Waals surface area (Å²) in [6, 6.07) is 7.67. The maximum Gasteiger partial charge on any atom is 0.358 e. The average molecular weight is 227 g/mol. The first-order chi connectivity index (χ1) is 8.31. The Morgan fingerprint density at radius 3 is 2.88 bits per heavy atom. The molecule has 0 unspecified atom stereocenters. The zero-order chi connectivity index (χ0) is 11.8. The summed E-state index contributed by atoms with van der Waals surface area (Å²) in [4.78, 5) is 19.9. The highest BCUT2D eigenvalue weighted by atomic mass is 16.5. The van der Waals surface area contributed by atoms with Crippen molar-refractivity contribution in [2.24, 2.45) is 0 Å². The molecule has 0 saturated carbocycles. The van der Waals surface area contributed by atoms with E-state index in [1.807, 2.05) is 28.7 Å². The Labute approximate surface area is 96.7 Å². The van der Waals surface area contributed by atoms with Crippen LogP contribution in [0.1, 0.15) is 10.5 Å². The molecule has 0 N–H and O–H groups in total. The van der Waals surface area contributed by atoms with Crippen LogP contribution in [0.4, 0.5) is 0 Å². The standard InChI is InChI=1S/C12H9N3O2/c1-17-12(16)11-10-6-13-8-4-2-3-5-9(8)15(10)7-14-11/h2-7H,1H3. The lowest BCUT2D eigenvalue weighted by molar-refractivity contribution is 0.0597. The van der Waals surface area contributed by atoms with Crippen LogP contribution in [0.25, 0.3) is 16.6 Å². The number of carbonyl (C=O) groups is 1. The van der Waals surface area contributed by atoms with Crippen molar-refractivity contribution in [1.82, 2.24) is 14.4 Å². The van der Waals surface area contributed by atoms with Crippen LogP contribution in [0.2, 0.25) is 0 Å². The number of methoxy groups -OCH3 is 1. The zero-order valence-corrected chi connectivity index (χ0v) is 9.12. The minimum atomic E-state index is -0.454. The van der Waals surface area contributed by atoms with E-state index in [-0.39, 0.29) is 5.69 Å². The molecule has 0 aliphatic carbocycles. The van der Waals surface area contributed by atoms with Gasteiger partial charge in [-0.2, -0.15) is 0 Å². The number of imidazole rings is 1. The molecule has 3 rings (SSSR count). The number of fused-ring (bicyclic) bond motifs is 3. The summed E-state index contributed by atoms with van der Waals surface area (Å²) < 4.78 is 6.50. The molecule has 0 aliphatic heterocycles. The van der Waals surface area contributed by atoms with E-state index in [4.69, 9.17) is 0 Å². The van der Waals surface area contributed by atoms with Gasteiger partial charge in [-0.05, 0) is 12.1 Å². The fourth-order valence-electron chi connectivity index (χ4n) is 1.83. The fraction of sp³-hybridized carbons (Fsp3) is 0.0833. The Hall–Kier alpha value is -2.43. The van der Waals surface area contributed by atoms with Gasteiger partial charge in [0.1, 0.15) is 6.33 Å². The lowest BCUT2D eigenvalue weighted by atomic mass is 10.3. The number of ether oxygens (including phenoxy) is 1. The lowest BCUT2D eigenvalue weighted by Crippen LogP contribution is -2.02. The Morgan fingerprint density at radius 1 is 1.24 bits per heavy atom. The second kappa shape index (κ2) is 3.55. The number of nitrogens with zero attached hydrogens (tertiary/aromatic N) is 3. The Kier molecular flexibility index (Phi) is 2.04. The molecule has 2 aromatic heterocycles. The van der Waals surface area contributed by atoms with Gasteiger partial charge >= 0.3 is 5.97 Å². The monoisotopic (exact) mass is 227 g/mol. The van der Waals surface area contributed by atoms with Crippen LogP contribution in [0.5, 0.6) is 0 Å². The maximum absolute atomic E-state index is 11.5. The van der Waals surface area contributed by atoms with Gasteiger partial charge in [0.25, 0.3) is 0 Å². The number of hydrogen-bond donors (Lipinski definition) is 0. The van der Waals surface area contributed by atoms with Crippen molar-refractivity contribution in [3.05, 3.63) is 42.5 Å². The van der Waals surface area contributed by atoms with Crippen LogP contribution in [-0.4, -0.2) is 27.4 Å². The second-order valence-corrected chi connectivity index (χ2v) is 3.59. The predicted octanol–water partition coefficient (Wildman–Crippen LogP) is 1.67. The summed E-state index contributed by atoms with van der Waals surface area (Å²) in [7, 11) is 1.34. The van der Waals surface area contributed by atoms with Gasteiger partial charge in [0.05, 0.1) is 29.9 Å². The van der Waals surface area contributed by atoms with Crippen LogP contribution >= 0.6 is 0 Å². The first-order valence-corrected chi connectivity index (χ1v) is 5.10. The van der Waals surface area contributed by atoms with Gasteiger partial charge in [0.15, 0.2) is 5.69 Å². The first-order valence-electron chi connectivity index (χ1n) is 5.10. The Bertz CT molecular complexity index is 718. The number of para-hydroxylation sites is 2. The molecule has 0 amide bonds. The van der Waals surface area contributed by atoms with Gasteiger partial charge in [0, 0.05) is 0 Å². The van der Waals surface area contributed by atoms with Crippen LogP contribution in [-0.2, 0) is 4.74 Å². The Balaban J connectivity index is 2.39.